The van der Waals surface area contributed by atoms with Gasteiger partial charge in [-0.2, -0.15) is 5.10 Å². The predicted molar refractivity (Wildman–Crippen MR) is 70.5 cm³/mol. The van der Waals surface area contributed by atoms with Crippen molar-refractivity contribution in [3.05, 3.63) is 38.8 Å². The maximum atomic E-state index is 6.13. The van der Waals surface area contributed by atoms with Crippen LogP contribution in [0, 0.1) is 0 Å². The Hall–Kier alpha value is -0.650. The van der Waals surface area contributed by atoms with Gasteiger partial charge in [0.1, 0.15) is 0 Å². The maximum absolute atomic E-state index is 6.13. The van der Waals surface area contributed by atoms with Gasteiger partial charge in [0.2, 0.25) is 0 Å². The van der Waals surface area contributed by atoms with Crippen LogP contribution in [0.4, 0.5) is 0 Å². The summed E-state index contributed by atoms with van der Waals surface area (Å²) in [5, 5.41) is 4.14. The molecule has 2 rings (SSSR count). The minimum Gasteiger partial charge on any atom is -0.323 e. The van der Waals surface area contributed by atoms with Gasteiger partial charge in [-0.25, -0.2) is 0 Å². The van der Waals surface area contributed by atoms with Gasteiger partial charge in [-0.1, -0.05) is 0 Å². The Bertz CT molecular complexity index is 463. The zero-order chi connectivity index (χ0) is 11.5. The molecule has 0 aromatic carbocycles. The largest absolute Gasteiger partial charge is 0.323 e. The van der Waals surface area contributed by atoms with E-state index in [4.69, 9.17) is 5.73 Å². The lowest BCUT2D eigenvalue weighted by atomic mass is 10.1. The number of rotatable bonds is 4. The fourth-order valence-electron chi connectivity index (χ4n) is 1.59. The molecule has 0 bridgehead atoms. The van der Waals surface area contributed by atoms with Gasteiger partial charge in [-0.05, 0) is 46.5 Å². The molecular formula is C11H14BrN3S. The van der Waals surface area contributed by atoms with Gasteiger partial charge in [0, 0.05) is 24.2 Å². The summed E-state index contributed by atoms with van der Waals surface area (Å²) in [7, 11) is 1.93. The van der Waals surface area contributed by atoms with Crippen molar-refractivity contribution in [1.29, 1.82) is 0 Å². The van der Waals surface area contributed by atoms with E-state index >= 15 is 0 Å². The van der Waals surface area contributed by atoms with E-state index in [0.717, 1.165) is 16.6 Å². The van der Waals surface area contributed by atoms with Crippen LogP contribution in [0.15, 0.2) is 28.3 Å². The third-order valence-corrected chi connectivity index (χ3v) is 4.22. The highest BCUT2D eigenvalue weighted by molar-refractivity contribution is 9.11. The van der Waals surface area contributed by atoms with Gasteiger partial charge in [0.05, 0.1) is 9.98 Å². The summed E-state index contributed by atoms with van der Waals surface area (Å²) in [6, 6.07) is 4.25. The zero-order valence-corrected chi connectivity index (χ0v) is 11.5. The molecule has 1 unspecified atom stereocenters. The maximum Gasteiger partial charge on any atom is 0.0701 e. The van der Waals surface area contributed by atoms with Gasteiger partial charge in [-0.3, -0.25) is 4.68 Å². The van der Waals surface area contributed by atoms with Gasteiger partial charge in [0.25, 0.3) is 0 Å². The van der Waals surface area contributed by atoms with E-state index in [-0.39, 0.29) is 6.04 Å². The summed E-state index contributed by atoms with van der Waals surface area (Å²) < 4.78 is 2.96. The van der Waals surface area contributed by atoms with Crippen molar-refractivity contribution < 1.29 is 0 Å². The first-order valence-corrected chi connectivity index (χ1v) is 6.74. The molecular weight excluding hydrogens is 286 g/mol. The van der Waals surface area contributed by atoms with E-state index in [1.54, 1.807) is 11.3 Å². The number of hydrogen-bond donors (Lipinski definition) is 1. The highest BCUT2D eigenvalue weighted by Gasteiger charge is 2.09. The fourth-order valence-corrected chi connectivity index (χ4v) is 3.05. The first-order chi connectivity index (χ1) is 7.65. The zero-order valence-electron chi connectivity index (χ0n) is 9.06. The minimum atomic E-state index is 0.122. The SMILES string of the molecule is Cn1cc(CCC(N)c2ccc(Br)s2)cn1. The standard InChI is InChI=1S/C11H14BrN3S/c1-15-7-8(6-14-15)2-3-9(13)10-4-5-11(12)16-10/h4-7,9H,2-3,13H2,1H3. The minimum absolute atomic E-state index is 0.122. The van der Waals surface area contributed by atoms with Crippen molar-refractivity contribution in [2.24, 2.45) is 12.8 Å². The summed E-state index contributed by atoms with van der Waals surface area (Å²) in [4.78, 5) is 1.23. The smallest absolute Gasteiger partial charge is 0.0701 e. The van der Waals surface area contributed by atoms with E-state index < -0.39 is 0 Å². The number of hydrogen-bond acceptors (Lipinski definition) is 3. The summed E-state index contributed by atoms with van der Waals surface area (Å²) in [5.41, 5.74) is 7.37. The lowest BCUT2D eigenvalue weighted by Gasteiger charge is -2.07. The molecule has 0 aliphatic heterocycles. The first kappa shape index (κ1) is 11.8. The van der Waals surface area contributed by atoms with E-state index in [0.29, 0.717) is 0 Å². The molecule has 0 amide bonds. The normalized spacial score (nSPS) is 12.9. The molecule has 0 fully saturated rings. The Balaban J connectivity index is 1.91. The van der Waals surface area contributed by atoms with E-state index in [1.165, 1.54) is 10.4 Å². The molecule has 0 aliphatic carbocycles. The third-order valence-electron chi connectivity index (χ3n) is 2.46. The van der Waals surface area contributed by atoms with Crippen LogP contribution in [0.2, 0.25) is 0 Å². The van der Waals surface area contributed by atoms with Crippen molar-refractivity contribution in [1.82, 2.24) is 9.78 Å². The molecule has 2 N–H and O–H groups in total. The number of nitrogens with zero attached hydrogens (tertiary/aromatic N) is 2. The van der Waals surface area contributed by atoms with Crippen LogP contribution < -0.4 is 5.73 Å². The molecule has 1 atom stereocenters. The number of aromatic nitrogens is 2. The highest BCUT2D eigenvalue weighted by atomic mass is 79.9. The Morgan fingerprint density at radius 1 is 1.56 bits per heavy atom. The molecule has 2 aromatic heterocycles. The van der Waals surface area contributed by atoms with Crippen LogP contribution >= 0.6 is 27.3 Å². The Kier molecular flexibility index (Phi) is 3.78. The lowest BCUT2D eigenvalue weighted by Crippen LogP contribution is -2.09. The Labute approximate surface area is 107 Å². The molecule has 0 aliphatic rings. The van der Waals surface area contributed by atoms with Crippen molar-refractivity contribution in [2.75, 3.05) is 0 Å². The lowest BCUT2D eigenvalue weighted by molar-refractivity contribution is 0.661. The fraction of sp³-hybridized carbons (Fsp3) is 0.364. The van der Waals surface area contributed by atoms with E-state index in [2.05, 4.69) is 27.1 Å². The van der Waals surface area contributed by atoms with Crippen LogP contribution in [0.3, 0.4) is 0 Å². The topological polar surface area (TPSA) is 43.8 Å². The summed E-state index contributed by atoms with van der Waals surface area (Å²) in [5.74, 6) is 0. The second-order valence-corrected chi connectivity index (χ2v) is 6.30. The summed E-state index contributed by atoms with van der Waals surface area (Å²) in [6.07, 6.45) is 5.87. The molecule has 5 heteroatoms. The molecule has 0 radical (unpaired) electrons. The van der Waals surface area contributed by atoms with Crippen molar-refractivity contribution in [2.45, 2.75) is 18.9 Å². The van der Waals surface area contributed by atoms with Crippen LogP contribution in [-0.2, 0) is 13.5 Å². The molecule has 16 heavy (non-hydrogen) atoms. The van der Waals surface area contributed by atoms with Gasteiger partial charge in [-0.15, -0.1) is 11.3 Å². The Morgan fingerprint density at radius 2 is 2.38 bits per heavy atom. The third kappa shape index (κ3) is 2.93. The number of thiophene rings is 1. The van der Waals surface area contributed by atoms with Crippen LogP contribution in [0.1, 0.15) is 22.9 Å². The van der Waals surface area contributed by atoms with Gasteiger partial charge < -0.3 is 5.73 Å². The van der Waals surface area contributed by atoms with Crippen LogP contribution in [0.25, 0.3) is 0 Å². The first-order valence-electron chi connectivity index (χ1n) is 5.13. The predicted octanol–water partition coefficient (Wildman–Crippen LogP) is 2.88. The number of nitrogens with two attached hydrogens (primary N) is 1. The second kappa shape index (κ2) is 5.12. The number of aryl methyl sites for hydroxylation is 2. The highest BCUT2D eigenvalue weighted by Crippen LogP contribution is 2.28. The van der Waals surface area contributed by atoms with Crippen molar-refractivity contribution in [3.63, 3.8) is 0 Å². The van der Waals surface area contributed by atoms with Crippen LogP contribution in [0.5, 0.6) is 0 Å². The molecule has 86 valence electrons. The molecule has 0 saturated heterocycles. The molecule has 0 saturated carbocycles. The summed E-state index contributed by atoms with van der Waals surface area (Å²) >= 11 is 5.16. The Morgan fingerprint density at radius 3 is 2.94 bits per heavy atom. The van der Waals surface area contributed by atoms with Crippen LogP contribution in [-0.4, -0.2) is 9.78 Å². The monoisotopic (exact) mass is 299 g/mol. The molecule has 3 nitrogen and oxygen atoms in total. The molecule has 2 aromatic rings. The van der Waals surface area contributed by atoms with Gasteiger partial charge in [0.15, 0.2) is 0 Å². The second-order valence-electron chi connectivity index (χ2n) is 3.81. The van der Waals surface area contributed by atoms with Crippen molar-refractivity contribution in [3.8, 4) is 0 Å². The quantitative estimate of drug-likeness (QED) is 0.943. The van der Waals surface area contributed by atoms with E-state index in [1.807, 2.05) is 30.2 Å². The average molecular weight is 300 g/mol. The number of halogens is 1. The summed E-state index contributed by atoms with van der Waals surface area (Å²) in [6.45, 7) is 0. The average Bonchev–Trinajstić information content (AvgIpc) is 2.84. The van der Waals surface area contributed by atoms with E-state index in [9.17, 15) is 0 Å². The van der Waals surface area contributed by atoms with Crippen molar-refractivity contribution >= 4 is 27.3 Å². The molecule has 2 heterocycles. The van der Waals surface area contributed by atoms with Gasteiger partial charge >= 0.3 is 0 Å². The molecule has 0 spiro atoms.